The van der Waals surface area contributed by atoms with Crippen LogP contribution in [0.5, 0.6) is 0 Å². The molecule has 0 radical (unpaired) electrons. The van der Waals surface area contributed by atoms with Crippen LogP contribution >= 0.6 is 0 Å². The number of nitrogens with zero attached hydrogens (tertiary/aromatic N) is 3. The number of carboxylic acid groups (broad SMARTS) is 1. The number of anilines is 1. The third kappa shape index (κ3) is 3.45. The molecule has 2 unspecified atom stereocenters. The van der Waals surface area contributed by atoms with Gasteiger partial charge in [-0.1, -0.05) is 0 Å². The number of furan rings is 1. The number of imide groups is 1. The van der Waals surface area contributed by atoms with Crippen LogP contribution in [-0.4, -0.2) is 66.7 Å². The molecule has 11 heteroatoms. The largest absolute Gasteiger partial charge is 0.480 e. The molecule has 1 aromatic carbocycles. The summed E-state index contributed by atoms with van der Waals surface area (Å²) < 4.78 is 28.9. The maximum absolute atomic E-state index is 12.7. The minimum atomic E-state index is -2.74. The Balaban J connectivity index is 1.71. The minimum Gasteiger partial charge on any atom is -0.480 e. The van der Waals surface area contributed by atoms with E-state index in [4.69, 9.17) is 4.42 Å². The summed E-state index contributed by atoms with van der Waals surface area (Å²) in [5, 5.41) is 10.8. The molecule has 0 bridgehead atoms. The van der Waals surface area contributed by atoms with Gasteiger partial charge < -0.3 is 14.4 Å². The molecule has 2 aliphatic rings. The Kier molecular flexibility index (Phi) is 5.49. The van der Waals surface area contributed by atoms with E-state index in [1.807, 2.05) is 0 Å². The summed E-state index contributed by atoms with van der Waals surface area (Å²) >= 11 is -2.74. The van der Waals surface area contributed by atoms with Crippen molar-refractivity contribution in [1.82, 2.24) is 9.80 Å². The van der Waals surface area contributed by atoms with E-state index in [-0.39, 0.29) is 5.69 Å². The molecule has 0 saturated carbocycles. The molecule has 2 N–H and O–H groups in total. The van der Waals surface area contributed by atoms with E-state index in [9.17, 15) is 28.3 Å². The molecule has 1 aliphatic carbocycles. The molecule has 10 nitrogen and oxygen atoms in total. The maximum Gasteiger partial charge on any atom is 0.329 e. The van der Waals surface area contributed by atoms with Gasteiger partial charge in [0.25, 0.3) is 17.2 Å². The van der Waals surface area contributed by atoms with Crippen molar-refractivity contribution in [3.8, 4) is 0 Å². The molecule has 4 rings (SSSR count). The first-order valence-electron chi connectivity index (χ1n) is 10.3. The normalized spacial score (nSPS) is 19.9. The molecule has 32 heavy (non-hydrogen) atoms. The predicted octanol–water partition coefficient (Wildman–Crippen LogP) is 2.38. The Hall–Kier alpha value is -2.92. The van der Waals surface area contributed by atoms with Gasteiger partial charge in [0.15, 0.2) is 6.04 Å². The predicted molar refractivity (Wildman–Crippen MR) is 116 cm³/mol. The highest BCUT2D eigenvalue weighted by Gasteiger charge is 2.51. The van der Waals surface area contributed by atoms with Crippen LogP contribution in [0.2, 0.25) is 0 Å². The van der Waals surface area contributed by atoms with Gasteiger partial charge in [-0.05, 0) is 45.2 Å². The van der Waals surface area contributed by atoms with Crippen molar-refractivity contribution in [3.05, 3.63) is 29.5 Å². The quantitative estimate of drug-likeness (QED) is 0.497. The molecule has 2 heterocycles. The van der Waals surface area contributed by atoms with Crippen molar-refractivity contribution >= 4 is 45.8 Å². The minimum absolute atomic E-state index is 0.142. The number of likely N-dealkylation sites (N-methyl/N-ethyl adjacent to an activating group) is 1. The number of hydrogen-bond acceptors (Lipinski definition) is 5. The molecule has 1 aliphatic heterocycles. The summed E-state index contributed by atoms with van der Waals surface area (Å²) in [6.07, 6.45) is 3.78. The number of aryl methyl sites for hydroxylation is 2. The average molecular weight is 464 g/mol. The van der Waals surface area contributed by atoms with Gasteiger partial charge in [-0.15, -0.1) is 0 Å². The van der Waals surface area contributed by atoms with Gasteiger partial charge in [-0.2, -0.15) is 0 Å². The Morgan fingerprint density at radius 1 is 1.28 bits per heavy atom. The lowest BCUT2D eigenvalue weighted by molar-refractivity contribution is -0.139. The summed E-state index contributed by atoms with van der Waals surface area (Å²) in [7, 11) is 1.45. The van der Waals surface area contributed by atoms with E-state index in [2.05, 4.69) is 0 Å². The van der Waals surface area contributed by atoms with Gasteiger partial charge in [0.05, 0.1) is 12.2 Å². The van der Waals surface area contributed by atoms with E-state index < -0.39 is 47.3 Å². The first kappa shape index (κ1) is 22.3. The van der Waals surface area contributed by atoms with Crippen LogP contribution < -0.4 is 4.31 Å². The fourth-order valence-corrected chi connectivity index (χ4v) is 5.00. The van der Waals surface area contributed by atoms with Gasteiger partial charge in [0.2, 0.25) is 0 Å². The highest BCUT2D eigenvalue weighted by molar-refractivity contribution is 7.80. The molecule has 3 amide bonds. The Morgan fingerprint density at radius 3 is 2.56 bits per heavy atom. The highest BCUT2D eigenvalue weighted by atomic mass is 32.2. The standard InChI is InChI=1S/C21H25N3O7S/c1-21(2)19(27)23(20(28)22(21)3)11-15(18(25)26)24(32(29)30)12-8-9-14-13-6-4-5-7-16(13)31-17(14)10-12/h8-10,15H,4-7,11H2,1-3H3,(H,25,26)(H,29,30). The van der Waals surface area contributed by atoms with Crippen molar-refractivity contribution in [2.24, 2.45) is 0 Å². The zero-order valence-corrected chi connectivity index (χ0v) is 18.8. The van der Waals surface area contributed by atoms with Crippen LogP contribution in [0.1, 0.15) is 38.0 Å². The fourth-order valence-electron chi connectivity index (χ4n) is 4.34. The lowest BCUT2D eigenvalue weighted by Crippen LogP contribution is -2.51. The van der Waals surface area contributed by atoms with E-state index in [0.29, 0.717) is 5.58 Å². The van der Waals surface area contributed by atoms with Gasteiger partial charge in [-0.25, -0.2) is 13.8 Å². The number of carbonyl (C=O) groups excluding carboxylic acids is 2. The lowest BCUT2D eigenvalue weighted by atomic mass is 9.96. The Labute approximate surface area is 187 Å². The van der Waals surface area contributed by atoms with Crippen molar-refractivity contribution in [2.45, 2.75) is 51.1 Å². The summed E-state index contributed by atoms with van der Waals surface area (Å²) in [5.74, 6) is -1.14. The summed E-state index contributed by atoms with van der Waals surface area (Å²) in [5.41, 5.74) is 0.615. The molecule has 2 atom stereocenters. The molecule has 0 spiro atoms. The number of urea groups is 1. The smallest absolute Gasteiger partial charge is 0.329 e. The Bertz CT molecular complexity index is 1140. The van der Waals surface area contributed by atoms with Crippen LogP contribution in [0.4, 0.5) is 10.5 Å². The molecule has 172 valence electrons. The molecule has 2 aromatic rings. The van der Waals surface area contributed by atoms with E-state index in [1.54, 1.807) is 26.0 Å². The molecule has 1 aromatic heterocycles. The highest BCUT2D eigenvalue weighted by Crippen LogP contribution is 2.35. The van der Waals surface area contributed by atoms with Crippen LogP contribution in [0.25, 0.3) is 11.0 Å². The van der Waals surface area contributed by atoms with E-state index >= 15 is 0 Å². The molecular weight excluding hydrogens is 438 g/mol. The summed E-state index contributed by atoms with van der Waals surface area (Å²) in [4.78, 5) is 39.4. The number of aliphatic carboxylic acids is 1. The number of hydrogen-bond donors (Lipinski definition) is 2. The third-order valence-electron chi connectivity index (χ3n) is 6.41. The molecular formula is C21H25N3O7S. The molecule has 1 fully saturated rings. The number of rotatable bonds is 6. The van der Waals surface area contributed by atoms with E-state index in [0.717, 1.165) is 51.6 Å². The van der Waals surface area contributed by atoms with Crippen LogP contribution in [-0.2, 0) is 33.7 Å². The third-order valence-corrected chi connectivity index (χ3v) is 7.21. The summed E-state index contributed by atoms with van der Waals surface area (Å²) in [6, 6.07) is 2.53. The second kappa shape index (κ2) is 7.89. The first-order valence-corrected chi connectivity index (χ1v) is 11.4. The van der Waals surface area contributed by atoms with Crippen LogP contribution in [0.15, 0.2) is 22.6 Å². The first-order chi connectivity index (χ1) is 15.0. The molecule has 1 saturated heterocycles. The van der Waals surface area contributed by atoms with Gasteiger partial charge >= 0.3 is 12.0 Å². The average Bonchev–Trinajstić information content (AvgIpc) is 3.17. The van der Waals surface area contributed by atoms with Crippen LogP contribution in [0.3, 0.4) is 0 Å². The van der Waals surface area contributed by atoms with Gasteiger partial charge in [-0.3, -0.25) is 18.6 Å². The second-order valence-corrected chi connectivity index (χ2v) is 9.47. The SMILES string of the molecule is CN1C(=O)N(CC(C(=O)O)N(c2ccc3c4c(oc3c2)CCCC4)S(=O)O)C(=O)C1(C)C. The van der Waals surface area contributed by atoms with Crippen molar-refractivity contribution in [1.29, 1.82) is 0 Å². The van der Waals surface area contributed by atoms with E-state index in [1.165, 1.54) is 18.0 Å². The van der Waals surface area contributed by atoms with Crippen LogP contribution in [0, 0.1) is 0 Å². The van der Waals surface area contributed by atoms with Gasteiger partial charge in [0, 0.05) is 30.5 Å². The van der Waals surface area contributed by atoms with Gasteiger partial charge in [0.1, 0.15) is 16.9 Å². The Morgan fingerprint density at radius 2 is 1.97 bits per heavy atom. The number of fused-ring (bicyclic) bond motifs is 3. The number of amides is 3. The number of benzene rings is 1. The maximum atomic E-state index is 12.7. The van der Waals surface area contributed by atoms with Crippen molar-refractivity contribution < 1.29 is 32.7 Å². The zero-order chi connectivity index (χ0) is 23.4. The second-order valence-electron chi connectivity index (χ2n) is 8.62. The monoisotopic (exact) mass is 463 g/mol. The topological polar surface area (TPSA) is 132 Å². The lowest BCUT2D eigenvalue weighted by Gasteiger charge is -2.29. The fraction of sp³-hybridized carbons (Fsp3) is 0.476. The zero-order valence-electron chi connectivity index (χ0n) is 18.0. The number of carboxylic acids is 1. The van der Waals surface area contributed by atoms with Crippen molar-refractivity contribution in [3.63, 3.8) is 0 Å². The summed E-state index contributed by atoms with van der Waals surface area (Å²) in [6.45, 7) is 2.52. The number of carbonyl (C=O) groups is 3. The van der Waals surface area contributed by atoms with Crippen molar-refractivity contribution in [2.75, 3.05) is 17.9 Å².